The second-order valence-electron chi connectivity index (χ2n) is 4.01. The van der Waals surface area contributed by atoms with Crippen molar-refractivity contribution in [3.05, 3.63) is 28.2 Å². The number of alkyl halides is 3. The zero-order valence-electron chi connectivity index (χ0n) is 8.44. The molecule has 0 radical (unpaired) electrons. The van der Waals surface area contributed by atoms with Gasteiger partial charge in [-0.1, -0.05) is 15.9 Å². The van der Waals surface area contributed by atoms with E-state index < -0.39 is 11.7 Å². The summed E-state index contributed by atoms with van der Waals surface area (Å²) in [4.78, 5) is 0. The van der Waals surface area contributed by atoms with Crippen LogP contribution in [0.3, 0.4) is 0 Å². The molecule has 0 bridgehead atoms. The van der Waals surface area contributed by atoms with Gasteiger partial charge in [-0.2, -0.15) is 13.2 Å². The maximum absolute atomic E-state index is 12.7. The number of halogens is 4. The van der Waals surface area contributed by atoms with Crippen LogP contribution in [0.25, 0.3) is 0 Å². The first-order valence-corrected chi connectivity index (χ1v) is 5.87. The Hall–Kier alpha value is -0.710. The molecule has 0 amide bonds. The number of hydrogen-bond donors (Lipinski definition) is 1. The van der Waals surface area contributed by atoms with Gasteiger partial charge in [0.2, 0.25) is 0 Å². The zero-order valence-corrected chi connectivity index (χ0v) is 10.0. The zero-order chi connectivity index (χ0) is 11.8. The Morgan fingerprint density at radius 1 is 1.31 bits per heavy atom. The second-order valence-corrected chi connectivity index (χ2v) is 4.93. The van der Waals surface area contributed by atoms with Crippen LogP contribution in [0.4, 0.5) is 18.9 Å². The largest absolute Gasteiger partial charge is 0.418 e. The number of nitrogens with one attached hydrogen (secondary N) is 1. The molecule has 88 valence electrons. The van der Waals surface area contributed by atoms with E-state index in [2.05, 4.69) is 21.2 Å². The van der Waals surface area contributed by atoms with Crippen LogP contribution in [-0.4, -0.2) is 6.54 Å². The lowest BCUT2D eigenvalue weighted by Crippen LogP contribution is -2.12. The predicted molar refractivity (Wildman–Crippen MR) is 60.4 cm³/mol. The molecule has 2 rings (SSSR count). The van der Waals surface area contributed by atoms with Gasteiger partial charge in [0.1, 0.15) is 0 Å². The van der Waals surface area contributed by atoms with Gasteiger partial charge in [0.05, 0.1) is 5.56 Å². The van der Waals surface area contributed by atoms with Crippen LogP contribution in [-0.2, 0) is 6.18 Å². The van der Waals surface area contributed by atoms with Crippen molar-refractivity contribution in [2.24, 2.45) is 5.92 Å². The molecule has 1 N–H and O–H groups in total. The van der Waals surface area contributed by atoms with Crippen molar-refractivity contribution in [1.82, 2.24) is 0 Å². The summed E-state index contributed by atoms with van der Waals surface area (Å²) in [6.07, 6.45) is -2.08. The fraction of sp³-hybridized carbons (Fsp3) is 0.455. The van der Waals surface area contributed by atoms with Gasteiger partial charge in [0.25, 0.3) is 0 Å². The molecule has 5 heteroatoms. The molecule has 1 aromatic carbocycles. The molecule has 0 aliphatic heterocycles. The molecule has 0 heterocycles. The van der Waals surface area contributed by atoms with E-state index in [0.29, 0.717) is 16.9 Å². The van der Waals surface area contributed by atoms with Crippen molar-refractivity contribution in [2.45, 2.75) is 19.0 Å². The van der Waals surface area contributed by atoms with Crippen LogP contribution >= 0.6 is 15.9 Å². The van der Waals surface area contributed by atoms with E-state index in [1.165, 1.54) is 6.07 Å². The molecule has 1 aliphatic rings. The van der Waals surface area contributed by atoms with Crippen molar-refractivity contribution in [2.75, 3.05) is 11.9 Å². The minimum absolute atomic E-state index is 0.169. The van der Waals surface area contributed by atoms with Crippen molar-refractivity contribution in [3.8, 4) is 0 Å². The van der Waals surface area contributed by atoms with Crippen LogP contribution in [0.15, 0.2) is 22.7 Å². The molecule has 0 atom stereocenters. The van der Waals surface area contributed by atoms with E-state index in [0.717, 1.165) is 18.9 Å². The molecule has 0 unspecified atom stereocenters. The lowest BCUT2D eigenvalue weighted by Gasteiger charge is -2.14. The highest BCUT2D eigenvalue weighted by Crippen LogP contribution is 2.37. The summed E-state index contributed by atoms with van der Waals surface area (Å²) in [6.45, 7) is 0.630. The van der Waals surface area contributed by atoms with Gasteiger partial charge in [-0.15, -0.1) is 0 Å². The monoisotopic (exact) mass is 293 g/mol. The van der Waals surface area contributed by atoms with Crippen LogP contribution in [0, 0.1) is 5.92 Å². The summed E-state index contributed by atoms with van der Waals surface area (Å²) in [6, 6.07) is 4.19. The fourth-order valence-electron chi connectivity index (χ4n) is 1.48. The molecule has 0 spiro atoms. The maximum Gasteiger partial charge on any atom is 0.418 e. The third-order valence-corrected chi connectivity index (χ3v) is 3.06. The molecule has 1 fully saturated rings. The Kier molecular flexibility index (Phi) is 3.15. The second kappa shape index (κ2) is 4.28. The smallest absolute Gasteiger partial charge is 0.384 e. The highest BCUT2D eigenvalue weighted by molar-refractivity contribution is 9.10. The highest BCUT2D eigenvalue weighted by Gasteiger charge is 2.34. The first-order chi connectivity index (χ1) is 7.47. The van der Waals surface area contributed by atoms with Gasteiger partial charge in [-0.3, -0.25) is 0 Å². The molecule has 0 saturated heterocycles. The minimum Gasteiger partial charge on any atom is -0.384 e. The van der Waals surface area contributed by atoms with E-state index >= 15 is 0 Å². The number of benzene rings is 1. The number of hydrogen-bond acceptors (Lipinski definition) is 1. The average Bonchev–Trinajstić information content (AvgIpc) is 2.98. The number of rotatable bonds is 3. The molecular formula is C11H11BrF3N. The van der Waals surface area contributed by atoms with E-state index in [1.807, 2.05) is 0 Å². The van der Waals surface area contributed by atoms with Crippen LogP contribution in [0.2, 0.25) is 0 Å². The Morgan fingerprint density at radius 2 is 2.00 bits per heavy atom. The maximum atomic E-state index is 12.7. The van der Waals surface area contributed by atoms with Crippen molar-refractivity contribution < 1.29 is 13.2 Å². The van der Waals surface area contributed by atoms with Gasteiger partial charge < -0.3 is 5.32 Å². The predicted octanol–water partition coefficient (Wildman–Crippen LogP) is 4.29. The Balaban J connectivity index is 2.20. The lowest BCUT2D eigenvalue weighted by molar-refractivity contribution is -0.137. The van der Waals surface area contributed by atoms with Crippen molar-refractivity contribution in [1.29, 1.82) is 0 Å². The third kappa shape index (κ3) is 2.90. The third-order valence-electron chi connectivity index (χ3n) is 2.57. The van der Waals surface area contributed by atoms with E-state index in [-0.39, 0.29) is 5.69 Å². The van der Waals surface area contributed by atoms with Crippen molar-refractivity contribution in [3.63, 3.8) is 0 Å². The van der Waals surface area contributed by atoms with Gasteiger partial charge in [-0.05, 0) is 37.0 Å². The minimum atomic E-state index is -4.31. The van der Waals surface area contributed by atoms with E-state index in [1.54, 1.807) is 6.07 Å². The summed E-state index contributed by atoms with van der Waals surface area (Å²) < 4.78 is 38.6. The standard InChI is InChI=1S/C11H11BrF3N/c12-8-3-4-10(16-6-7-1-2-7)9(5-8)11(13,14)15/h3-5,7,16H,1-2,6H2. The Labute approximate surface area is 100 Å². The first kappa shape index (κ1) is 11.8. The van der Waals surface area contributed by atoms with Gasteiger partial charge >= 0.3 is 6.18 Å². The lowest BCUT2D eigenvalue weighted by atomic mass is 10.1. The van der Waals surface area contributed by atoms with Crippen LogP contribution in [0.5, 0.6) is 0 Å². The molecule has 1 aliphatic carbocycles. The SMILES string of the molecule is FC(F)(F)c1cc(Br)ccc1NCC1CC1. The van der Waals surface area contributed by atoms with Crippen LogP contribution in [0.1, 0.15) is 18.4 Å². The normalized spacial score (nSPS) is 16.2. The summed E-state index contributed by atoms with van der Waals surface area (Å²) >= 11 is 3.05. The summed E-state index contributed by atoms with van der Waals surface area (Å²) in [5.74, 6) is 0.546. The van der Waals surface area contributed by atoms with E-state index in [4.69, 9.17) is 0 Å². The van der Waals surface area contributed by atoms with Gasteiger partial charge in [-0.25, -0.2) is 0 Å². The molecular weight excluding hydrogens is 283 g/mol. The van der Waals surface area contributed by atoms with Crippen molar-refractivity contribution >= 4 is 21.6 Å². The summed E-state index contributed by atoms with van der Waals surface area (Å²) in [5.41, 5.74) is -0.440. The molecule has 0 aromatic heterocycles. The van der Waals surface area contributed by atoms with Crippen LogP contribution < -0.4 is 5.32 Å². The van der Waals surface area contributed by atoms with Gasteiger partial charge in [0, 0.05) is 16.7 Å². The van der Waals surface area contributed by atoms with E-state index in [9.17, 15) is 13.2 Å². The van der Waals surface area contributed by atoms with Gasteiger partial charge in [0.15, 0.2) is 0 Å². The Morgan fingerprint density at radius 3 is 2.56 bits per heavy atom. The topological polar surface area (TPSA) is 12.0 Å². The summed E-state index contributed by atoms with van der Waals surface area (Å²) in [5, 5.41) is 2.87. The molecule has 1 aromatic rings. The highest BCUT2D eigenvalue weighted by atomic mass is 79.9. The fourth-order valence-corrected chi connectivity index (χ4v) is 1.84. The molecule has 1 nitrogen and oxygen atoms in total. The average molecular weight is 294 g/mol. The first-order valence-electron chi connectivity index (χ1n) is 5.07. The quantitative estimate of drug-likeness (QED) is 0.877. The molecule has 1 saturated carbocycles. The molecule has 16 heavy (non-hydrogen) atoms. The number of anilines is 1. The Bertz CT molecular complexity index is 385. The summed E-state index contributed by atoms with van der Waals surface area (Å²) in [7, 11) is 0.